The zero-order valence-corrected chi connectivity index (χ0v) is 30.0. The van der Waals surface area contributed by atoms with Crippen molar-refractivity contribution in [2.45, 2.75) is 38.0 Å². The highest BCUT2D eigenvalue weighted by atomic mass is 35.5. The maximum absolute atomic E-state index is 13.8. The number of aromatic hydroxyl groups is 1. The van der Waals surface area contributed by atoms with Gasteiger partial charge in [0.25, 0.3) is 0 Å². The van der Waals surface area contributed by atoms with Crippen molar-refractivity contribution in [3.63, 3.8) is 0 Å². The van der Waals surface area contributed by atoms with Crippen molar-refractivity contribution >= 4 is 41.0 Å². The van der Waals surface area contributed by atoms with E-state index < -0.39 is 18.2 Å². The molecule has 268 valence electrons. The largest absolute Gasteiger partial charge is 0.506 e. The molecule has 0 aliphatic carbocycles. The lowest BCUT2D eigenvalue weighted by molar-refractivity contribution is -0.0311. The van der Waals surface area contributed by atoms with Crippen LogP contribution < -0.4 is 19.1 Å². The zero-order valence-electron chi connectivity index (χ0n) is 28.5. The first-order valence-corrected chi connectivity index (χ1v) is 17.3. The predicted octanol–water partition coefficient (Wildman–Crippen LogP) is 7.50. The van der Waals surface area contributed by atoms with Gasteiger partial charge >= 0.3 is 12.1 Å². The van der Waals surface area contributed by atoms with E-state index in [-0.39, 0.29) is 36.1 Å². The molecule has 2 bridgehead atoms. The number of methoxy groups -OCH3 is 3. The topological polar surface area (TPSA) is 120 Å². The maximum atomic E-state index is 13.8. The third-order valence-corrected chi connectivity index (χ3v) is 10.1. The fraction of sp³-hybridized carbons (Fsp3) is 0.342. The first-order valence-electron chi connectivity index (χ1n) is 16.5. The minimum atomic E-state index is -0.804. The summed E-state index contributed by atoms with van der Waals surface area (Å²) in [7, 11) is 4.57. The number of anilines is 1. The summed E-state index contributed by atoms with van der Waals surface area (Å²) in [5, 5.41) is 11.5. The number of halogens is 2. The van der Waals surface area contributed by atoms with Gasteiger partial charge in [0, 0.05) is 31.4 Å². The molecule has 7 rings (SSSR count). The Morgan fingerprint density at radius 1 is 0.922 bits per heavy atom. The maximum Gasteiger partial charge on any atom is 0.415 e. The van der Waals surface area contributed by atoms with Crippen LogP contribution in [-0.2, 0) is 22.4 Å². The van der Waals surface area contributed by atoms with Crippen molar-refractivity contribution < 1.29 is 38.4 Å². The highest BCUT2D eigenvalue weighted by Gasteiger charge is 2.38. The quantitative estimate of drug-likeness (QED) is 0.147. The van der Waals surface area contributed by atoms with E-state index in [1.165, 1.54) is 44.7 Å². The second-order valence-corrected chi connectivity index (χ2v) is 13.3. The van der Waals surface area contributed by atoms with Gasteiger partial charge in [0.15, 0.2) is 11.5 Å². The first kappa shape index (κ1) is 36.1. The number of piperidine rings is 3. The van der Waals surface area contributed by atoms with Gasteiger partial charge in [0.05, 0.1) is 49.2 Å². The number of rotatable bonds is 12. The minimum Gasteiger partial charge on any atom is -0.506 e. The number of aromatic nitrogens is 1. The molecule has 4 heterocycles. The van der Waals surface area contributed by atoms with Crippen LogP contribution in [0.3, 0.4) is 0 Å². The van der Waals surface area contributed by atoms with Gasteiger partial charge in [-0.3, -0.25) is 14.8 Å². The number of hydrogen-bond acceptors (Lipinski definition) is 10. The SMILES string of the molecule is COc1ccc(O)c(N(Cc2ccc(C(=O)O[C@@H](Cc3c(Cl)cncc3Cl)c3ccc(OC)c(OC)c3)cc2)C(=O)O[C@H]2CN3CCC2CC3)c1. The number of hydrogen-bond donors (Lipinski definition) is 1. The summed E-state index contributed by atoms with van der Waals surface area (Å²) in [5.74, 6) is 1.07. The average molecular weight is 737 g/mol. The number of fused-ring (bicyclic) bond motifs is 3. The van der Waals surface area contributed by atoms with Crippen molar-refractivity contribution in [1.29, 1.82) is 0 Å². The van der Waals surface area contributed by atoms with E-state index in [2.05, 4.69) is 9.88 Å². The van der Waals surface area contributed by atoms with Crippen LogP contribution in [0.15, 0.2) is 73.1 Å². The van der Waals surface area contributed by atoms with Crippen molar-refractivity contribution in [2.75, 3.05) is 45.9 Å². The second kappa shape index (κ2) is 16.1. The number of carbonyl (C=O) groups excluding carboxylic acids is 2. The monoisotopic (exact) mass is 735 g/mol. The Morgan fingerprint density at radius 3 is 2.25 bits per heavy atom. The molecule has 0 unspecified atom stereocenters. The lowest BCUT2D eigenvalue weighted by Crippen LogP contribution is -2.53. The predicted molar refractivity (Wildman–Crippen MR) is 192 cm³/mol. The van der Waals surface area contributed by atoms with Gasteiger partial charge in [-0.25, -0.2) is 9.59 Å². The van der Waals surface area contributed by atoms with Gasteiger partial charge in [-0.15, -0.1) is 0 Å². The van der Waals surface area contributed by atoms with Crippen LogP contribution in [0.4, 0.5) is 10.5 Å². The van der Waals surface area contributed by atoms with Crippen molar-refractivity contribution in [2.24, 2.45) is 5.92 Å². The van der Waals surface area contributed by atoms with Crippen LogP contribution in [0, 0.1) is 5.92 Å². The van der Waals surface area contributed by atoms with E-state index in [0.717, 1.165) is 25.9 Å². The lowest BCUT2D eigenvalue weighted by atomic mass is 9.86. The van der Waals surface area contributed by atoms with Gasteiger partial charge in [-0.2, -0.15) is 0 Å². The highest BCUT2D eigenvalue weighted by Crippen LogP contribution is 2.37. The summed E-state index contributed by atoms with van der Waals surface area (Å²) in [6.07, 6.45) is 3.48. The molecule has 3 aliphatic heterocycles. The van der Waals surface area contributed by atoms with E-state index in [9.17, 15) is 14.7 Å². The number of ether oxygens (including phenoxy) is 5. The number of benzene rings is 3. The van der Waals surface area contributed by atoms with Crippen LogP contribution in [0.1, 0.15) is 46.0 Å². The van der Waals surface area contributed by atoms with Crippen LogP contribution in [-0.4, -0.2) is 74.1 Å². The van der Waals surface area contributed by atoms with E-state index in [1.807, 2.05) is 0 Å². The molecule has 1 amide bonds. The second-order valence-electron chi connectivity index (χ2n) is 12.5. The van der Waals surface area contributed by atoms with Gasteiger partial charge < -0.3 is 28.8 Å². The molecular formula is C38H39Cl2N3O8. The van der Waals surface area contributed by atoms with Gasteiger partial charge in [-0.05, 0) is 84.9 Å². The molecule has 3 fully saturated rings. The summed E-state index contributed by atoms with van der Waals surface area (Å²) in [5.41, 5.74) is 2.42. The van der Waals surface area contributed by atoms with Crippen molar-refractivity contribution in [3.8, 4) is 23.0 Å². The van der Waals surface area contributed by atoms with Crippen LogP contribution >= 0.6 is 23.2 Å². The lowest BCUT2D eigenvalue weighted by Gasteiger charge is -2.44. The molecule has 1 aromatic heterocycles. The van der Waals surface area contributed by atoms with Crippen LogP contribution in [0.5, 0.6) is 23.0 Å². The third kappa shape index (κ3) is 8.27. The standard InChI is InChI=1S/C38H39Cl2N3O8/c1-47-27-9-10-32(44)31(17-27)43(38(46)51-36-22-42-14-12-24(36)13-15-42)21-23-4-6-25(7-5-23)37(45)50-34(18-28-29(39)19-41-20-30(28)40)26-8-11-33(48-2)35(16-26)49-3/h4-11,16-17,19-20,24,34,36,44H,12-15,18,21-22H2,1-3H3/t34-,36-/m0/s1. The molecule has 0 saturated carbocycles. The Kier molecular flexibility index (Phi) is 11.4. The number of phenolic OH excluding ortho intramolecular Hbond substituents is 1. The molecule has 11 nitrogen and oxygen atoms in total. The number of amides is 1. The normalized spacial score (nSPS) is 18.4. The fourth-order valence-corrected chi connectivity index (χ4v) is 7.08. The molecule has 13 heteroatoms. The van der Waals surface area contributed by atoms with Crippen molar-refractivity contribution in [1.82, 2.24) is 9.88 Å². The molecule has 0 spiro atoms. The Hall–Kier alpha value is -4.71. The molecule has 1 N–H and O–H groups in total. The Morgan fingerprint density at radius 2 is 1.63 bits per heavy atom. The van der Waals surface area contributed by atoms with Crippen LogP contribution in [0.2, 0.25) is 10.0 Å². The summed E-state index contributed by atoms with van der Waals surface area (Å²) in [6.45, 7) is 2.76. The fourth-order valence-electron chi connectivity index (χ4n) is 6.56. The summed E-state index contributed by atoms with van der Waals surface area (Å²) in [4.78, 5) is 35.1. The van der Waals surface area contributed by atoms with Gasteiger partial charge in [0.1, 0.15) is 23.7 Å². The first-order chi connectivity index (χ1) is 24.7. The third-order valence-electron chi connectivity index (χ3n) is 9.44. The van der Waals surface area contributed by atoms with E-state index in [0.29, 0.717) is 56.4 Å². The molecule has 51 heavy (non-hydrogen) atoms. The number of phenols is 1. The number of nitrogens with zero attached hydrogens (tertiary/aromatic N) is 3. The smallest absolute Gasteiger partial charge is 0.415 e. The molecule has 3 aromatic carbocycles. The molecular weight excluding hydrogens is 697 g/mol. The average Bonchev–Trinajstić information content (AvgIpc) is 3.15. The van der Waals surface area contributed by atoms with E-state index in [1.54, 1.807) is 54.6 Å². The van der Waals surface area contributed by atoms with Crippen LogP contribution in [0.25, 0.3) is 0 Å². The zero-order chi connectivity index (χ0) is 36.1. The van der Waals surface area contributed by atoms with E-state index in [4.69, 9.17) is 46.9 Å². The highest BCUT2D eigenvalue weighted by molar-refractivity contribution is 6.35. The summed E-state index contributed by atoms with van der Waals surface area (Å²) < 4.78 is 28.4. The molecule has 2 atom stereocenters. The molecule has 3 aliphatic rings. The van der Waals surface area contributed by atoms with E-state index >= 15 is 0 Å². The molecule has 0 radical (unpaired) electrons. The summed E-state index contributed by atoms with van der Waals surface area (Å²) in [6, 6.07) is 16.6. The number of esters is 1. The molecule has 3 saturated heterocycles. The van der Waals surface area contributed by atoms with Crippen molar-refractivity contribution in [3.05, 3.63) is 105 Å². The minimum absolute atomic E-state index is 0.0588. The summed E-state index contributed by atoms with van der Waals surface area (Å²) >= 11 is 12.9. The van der Waals surface area contributed by atoms with Gasteiger partial charge in [0.2, 0.25) is 0 Å². The number of pyridine rings is 1. The number of carbonyl (C=O) groups is 2. The Labute approximate surface area is 306 Å². The Balaban J connectivity index is 1.23. The molecule has 4 aromatic rings. The Bertz CT molecular complexity index is 1850. The van der Waals surface area contributed by atoms with Gasteiger partial charge in [-0.1, -0.05) is 41.4 Å².